The summed E-state index contributed by atoms with van der Waals surface area (Å²) in [6.45, 7) is 8.18. The molecule has 28 heavy (non-hydrogen) atoms. The maximum absolute atomic E-state index is 12.5. The molecule has 1 aliphatic heterocycles. The second kappa shape index (κ2) is 9.05. The molecule has 0 saturated carbocycles. The summed E-state index contributed by atoms with van der Waals surface area (Å²) >= 11 is 1.31. The minimum absolute atomic E-state index is 0.00291. The molecule has 0 spiro atoms. The number of tetrazole rings is 1. The van der Waals surface area contributed by atoms with Crippen molar-refractivity contribution in [1.29, 1.82) is 0 Å². The maximum Gasteiger partial charge on any atom is 0.409 e. The predicted molar refractivity (Wildman–Crippen MR) is 105 cm³/mol. The van der Waals surface area contributed by atoms with Crippen LogP contribution in [0.15, 0.2) is 23.4 Å². The van der Waals surface area contributed by atoms with Crippen LogP contribution in [0.3, 0.4) is 0 Å². The molecule has 1 aromatic carbocycles. The molecule has 10 heteroatoms. The number of aryl methyl sites for hydroxylation is 2. The van der Waals surface area contributed by atoms with Crippen molar-refractivity contribution < 1.29 is 14.3 Å². The summed E-state index contributed by atoms with van der Waals surface area (Å²) in [5.41, 5.74) is 3.22. The number of aromatic nitrogens is 4. The summed E-state index contributed by atoms with van der Waals surface area (Å²) < 4.78 is 6.64. The molecule has 2 amide bonds. The number of hydrogen-bond acceptors (Lipinski definition) is 7. The molecule has 9 nitrogen and oxygen atoms in total. The topological polar surface area (TPSA) is 93.4 Å². The van der Waals surface area contributed by atoms with Gasteiger partial charge in [0, 0.05) is 26.2 Å². The van der Waals surface area contributed by atoms with Gasteiger partial charge < -0.3 is 14.5 Å². The zero-order chi connectivity index (χ0) is 20.1. The number of benzene rings is 1. The number of carbonyl (C=O) groups excluding carboxylic acids is 2. The molecule has 2 aromatic rings. The van der Waals surface area contributed by atoms with E-state index in [1.165, 1.54) is 17.3 Å². The lowest BCUT2D eigenvalue weighted by Gasteiger charge is -2.34. The lowest BCUT2D eigenvalue weighted by atomic mass is 10.1. The summed E-state index contributed by atoms with van der Waals surface area (Å²) in [6, 6.07) is 6.00. The van der Waals surface area contributed by atoms with Crippen LogP contribution in [-0.2, 0) is 9.53 Å². The van der Waals surface area contributed by atoms with Crippen LogP contribution in [-0.4, -0.2) is 80.5 Å². The number of rotatable bonds is 5. The normalized spacial score (nSPS) is 14.2. The Labute approximate surface area is 168 Å². The highest BCUT2D eigenvalue weighted by Gasteiger charge is 2.25. The van der Waals surface area contributed by atoms with Gasteiger partial charge in [0.15, 0.2) is 0 Å². The summed E-state index contributed by atoms with van der Waals surface area (Å²) in [7, 11) is 0. The average Bonchev–Trinajstić information content (AvgIpc) is 3.17. The molecule has 0 N–H and O–H groups in total. The van der Waals surface area contributed by atoms with E-state index in [1.807, 2.05) is 25.1 Å². The lowest BCUT2D eigenvalue weighted by Crippen LogP contribution is -2.51. The molecule has 0 bridgehead atoms. The highest BCUT2D eigenvalue weighted by Crippen LogP contribution is 2.20. The number of hydrogen-bond donors (Lipinski definition) is 0. The Hall–Kier alpha value is -2.62. The molecular formula is C18H24N6O3S. The Morgan fingerprint density at radius 1 is 1.11 bits per heavy atom. The molecule has 1 aliphatic rings. The predicted octanol–water partition coefficient (Wildman–Crippen LogP) is 1.67. The third-order valence-corrected chi connectivity index (χ3v) is 5.56. The number of piperazine rings is 1. The maximum atomic E-state index is 12.5. The zero-order valence-electron chi connectivity index (χ0n) is 16.3. The number of carbonyl (C=O) groups is 2. The van der Waals surface area contributed by atoms with E-state index >= 15 is 0 Å². The lowest BCUT2D eigenvalue weighted by molar-refractivity contribution is -0.129. The standard InChI is InChI=1S/C18H24N6O3S/c1-4-27-18(26)23-9-7-22(8-10-23)16(25)12-28-17-19-20-21-24(17)15-6-5-13(2)14(3)11-15/h5-6,11H,4,7-10,12H2,1-3H3. The van der Waals surface area contributed by atoms with Crippen molar-refractivity contribution in [2.75, 3.05) is 38.5 Å². The molecule has 1 saturated heterocycles. The number of ether oxygens (including phenoxy) is 1. The Morgan fingerprint density at radius 3 is 2.50 bits per heavy atom. The first-order valence-corrected chi connectivity index (χ1v) is 10.2. The fraction of sp³-hybridized carbons (Fsp3) is 0.500. The Balaban J connectivity index is 1.55. The van der Waals surface area contributed by atoms with E-state index in [0.717, 1.165) is 11.3 Å². The minimum atomic E-state index is -0.323. The van der Waals surface area contributed by atoms with Crippen LogP contribution in [0.5, 0.6) is 0 Å². The number of nitrogens with zero attached hydrogens (tertiary/aromatic N) is 6. The molecule has 1 aromatic heterocycles. The van der Waals surface area contributed by atoms with Crippen molar-refractivity contribution in [3.8, 4) is 5.69 Å². The van der Waals surface area contributed by atoms with Crippen molar-refractivity contribution in [1.82, 2.24) is 30.0 Å². The van der Waals surface area contributed by atoms with Crippen LogP contribution in [0.25, 0.3) is 5.69 Å². The van der Waals surface area contributed by atoms with E-state index in [2.05, 4.69) is 22.4 Å². The average molecular weight is 404 g/mol. The summed E-state index contributed by atoms with van der Waals surface area (Å²) in [4.78, 5) is 27.7. The van der Waals surface area contributed by atoms with Crippen molar-refractivity contribution in [2.45, 2.75) is 25.9 Å². The minimum Gasteiger partial charge on any atom is -0.450 e. The van der Waals surface area contributed by atoms with Crippen molar-refractivity contribution in [3.05, 3.63) is 29.3 Å². The first-order valence-electron chi connectivity index (χ1n) is 9.18. The molecular weight excluding hydrogens is 380 g/mol. The van der Waals surface area contributed by atoms with E-state index in [0.29, 0.717) is 37.9 Å². The van der Waals surface area contributed by atoms with E-state index in [9.17, 15) is 9.59 Å². The van der Waals surface area contributed by atoms with E-state index < -0.39 is 0 Å². The number of amides is 2. The van der Waals surface area contributed by atoms with Crippen LogP contribution in [0, 0.1) is 13.8 Å². The van der Waals surface area contributed by atoms with Crippen LogP contribution in [0.1, 0.15) is 18.1 Å². The van der Waals surface area contributed by atoms with Gasteiger partial charge in [-0.2, -0.15) is 4.68 Å². The van der Waals surface area contributed by atoms with E-state index in [-0.39, 0.29) is 17.8 Å². The quantitative estimate of drug-likeness (QED) is 0.700. The Morgan fingerprint density at radius 2 is 1.82 bits per heavy atom. The molecule has 3 rings (SSSR count). The molecule has 0 radical (unpaired) electrons. The molecule has 2 heterocycles. The summed E-state index contributed by atoms with van der Waals surface area (Å²) in [5, 5.41) is 12.4. The highest BCUT2D eigenvalue weighted by atomic mass is 32.2. The zero-order valence-corrected chi connectivity index (χ0v) is 17.1. The molecule has 150 valence electrons. The largest absolute Gasteiger partial charge is 0.450 e. The summed E-state index contributed by atoms with van der Waals surface area (Å²) in [6.07, 6.45) is -0.323. The second-order valence-electron chi connectivity index (χ2n) is 6.50. The van der Waals surface area contributed by atoms with Gasteiger partial charge in [0.25, 0.3) is 0 Å². The fourth-order valence-electron chi connectivity index (χ4n) is 2.86. The number of thioether (sulfide) groups is 1. The fourth-order valence-corrected chi connectivity index (χ4v) is 3.65. The Kier molecular flexibility index (Phi) is 6.50. The van der Waals surface area contributed by atoms with Crippen molar-refractivity contribution >= 4 is 23.8 Å². The first-order chi connectivity index (χ1) is 13.5. The van der Waals surface area contributed by atoms with Crippen LogP contribution in [0.2, 0.25) is 0 Å². The van der Waals surface area contributed by atoms with Crippen LogP contribution >= 0.6 is 11.8 Å². The smallest absolute Gasteiger partial charge is 0.409 e. The third kappa shape index (κ3) is 4.61. The molecule has 1 fully saturated rings. The van der Waals surface area contributed by atoms with Gasteiger partial charge >= 0.3 is 6.09 Å². The van der Waals surface area contributed by atoms with Crippen LogP contribution in [0.4, 0.5) is 4.79 Å². The first kappa shape index (κ1) is 20.1. The molecule has 0 aliphatic carbocycles. The van der Waals surface area contributed by atoms with Crippen LogP contribution < -0.4 is 0 Å². The summed E-state index contributed by atoms with van der Waals surface area (Å²) in [5.74, 6) is 0.244. The van der Waals surface area contributed by atoms with Gasteiger partial charge in [-0.3, -0.25) is 4.79 Å². The Bertz CT molecular complexity index is 848. The van der Waals surface area contributed by atoms with Gasteiger partial charge in [-0.05, 0) is 54.5 Å². The van der Waals surface area contributed by atoms with Crippen molar-refractivity contribution in [3.63, 3.8) is 0 Å². The van der Waals surface area contributed by atoms with E-state index in [4.69, 9.17) is 4.74 Å². The monoisotopic (exact) mass is 404 g/mol. The van der Waals surface area contributed by atoms with Gasteiger partial charge in [-0.15, -0.1) is 5.10 Å². The molecule has 0 unspecified atom stereocenters. The van der Waals surface area contributed by atoms with Gasteiger partial charge in [0.05, 0.1) is 18.0 Å². The third-order valence-electron chi connectivity index (χ3n) is 4.66. The SMILES string of the molecule is CCOC(=O)N1CCN(C(=O)CSc2nnnn2-c2ccc(C)c(C)c2)CC1. The van der Waals surface area contributed by atoms with Gasteiger partial charge in [-0.25, -0.2) is 4.79 Å². The van der Waals surface area contributed by atoms with Gasteiger partial charge in [0.1, 0.15) is 0 Å². The highest BCUT2D eigenvalue weighted by molar-refractivity contribution is 7.99. The van der Waals surface area contributed by atoms with E-state index in [1.54, 1.807) is 21.4 Å². The van der Waals surface area contributed by atoms with Gasteiger partial charge in [-0.1, -0.05) is 17.8 Å². The molecule has 0 atom stereocenters. The van der Waals surface area contributed by atoms with Gasteiger partial charge in [0.2, 0.25) is 11.1 Å². The second-order valence-corrected chi connectivity index (χ2v) is 7.44. The van der Waals surface area contributed by atoms with Crippen molar-refractivity contribution in [2.24, 2.45) is 0 Å².